The smallest absolute Gasteiger partial charge is 0.306 e. The van der Waals surface area contributed by atoms with E-state index in [-0.39, 0.29) is 37.2 Å². The van der Waals surface area contributed by atoms with E-state index in [1.165, 1.54) is 5.56 Å². The lowest BCUT2D eigenvalue weighted by Crippen LogP contribution is -2.34. The third-order valence-corrected chi connectivity index (χ3v) is 4.72. The number of benzene rings is 2. The predicted octanol–water partition coefficient (Wildman–Crippen LogP) is 3.39. The number of ether oxygens (including phenoxy) is 1. The molecule has 0 unspecified atom stereocenters. The van der Waals surface area contributed by atoms with Crippen molar-refractivity contribution >= 4 is 17.7 Å². The number of carbonyl (C=O) groups is 3. The Morgan fingerprint density at radius 3 is 2.52 bits per heavy atom. The molecule has 0 saturated carbocycles. The van der Waals surface area contributed by atoms with Gasteiger partial charge in [-0.3, -0.25) is 14.4 Å². The minimum atomic E-state index is -0.543. The molecule has 0 bridgehead atoms. The Morgan fingerprint density at radius 2 is 1.70 bits per heavy atom. The molecule has 3 rings (SSSR count). The number of fused-ring (bicyclic) bond motifs is 1. The topological polar surface area (TPSA) is 72.5 Å². The van der Waals surface area contributed by atoms with E-state index in [9.17, 15) is 14.4 Å². The predicted molar refractivity (Wildman–Crippen MR) is 101 cm³/mol. The quantitative estimate of drug-likeness (QED) is 0.603. The zero-order chi connectivity index (χ0) is 19.1. The van der Waals surface area contributed by atoms with Gasteiger partial charge >= 0.3 is 5.97 Å². The molecule has 5 nitrogen and oxygen atoms in total. The zero-order valence-electron chi connectivity index (χ0n) is 15.1. The van der Waals surface area contributed by atoms with Crippen molar-refractivity contribution in [1.82, 2.24) is 5.32 Å². The summed E-state index contributed by atoms with van der Waals surface area (Å²) in [5, 5.41) is 2.94. The summed E-state index contributed by atoms with van der Waals surface area (Å²) in [5.74, 6) is -0.978. The first-order valence-electron chi connectivity index (χ1n) is 9.24. The van der Waals surface area contributed by atoms with E-state index in [0.29, 0.717) is 5.56 Å². The normalized spacial score (nSPS) is 15.5. The SMILES string of the molecule is O=C(COC(=O)CCC(=O)c1ccccc1)N[C@H]1CCCc2ccccc21. The summed E-state index contributed by atoms with van der Waals surface area (Å²) in [7, 11) is 0. The maximum absolute atomic E-state index is 12.1. The van der Waals surface area contributed by atoms with E-state index in [1.807, 2.05) is 24.3 Å². The number of amides is 1. The van der Waals surface area contributed by atoms with Crippen LogP contribution in [0.5, 0.6) is 0 Å². The van der Waals surface area contributed by atoms with Gasteiger partial charge in [-0.05, 0) is 30.4 Å². The van der Waals surface area contributed by atoms with Gasteiger partial charge in [0.15, 0.2) is 12.4 Å². The molecular weight excluding hydrogens is 342 g/mol. The highest BCUT2D eigenvalue weighted by Gasteiger charge is 2.21. The summed E-state index contributed by atoms with van der Waals surface area (Å²) in [6.45, 7) is -0.322. The van der Waals surface area contributed by atoms with Crippen molar-refractivity contribution in [1.29, 1.82) is 0 Å². The van der Waals surface area contributed by atoms with E-state index in [2.05, 4.69) is 11.4 Å². The molecule has 0 saturated heterocycles. The van der Waals surface area contributed by atoms with Crippen LogP contribution in [-0.4, -0.2) is 24.3 Å². The summed E-state index contributed by atoms with van der Waals surface area (Å²) < 4.78 is 5.02. The molecule has 140 valence electrons. The third-order valence-electron chi connectivity index (χ3n) is 4.72. The molecule has 2 aromatic rings. The minimum absolute atomic E-state index is 0.0345. The molecule has 1 aliphatic rings. The van der Waals surface area contributed by atoms with Gasteiger partial charge in [0.05, 0.1) is 12.5 Å². The molecule has 0 fully saturated rings. The molecule has 5 heteroatoms. The highest BCUT2D eigenvalue weighted by molar-refractivity contribution is 5.97. The van der Waals surface area contributed by atoms with Crippen molar-refractivity contribution in [3.63, 3.8) is 0 Å². The first-order chi connectivity index (χ1) is 13.1. The third kappa shape index (κ3) is 5.26. The van der Waals surface area contributed by atoms with E-state index in [0.717, 1.165) is 24.8 Å². The monoisotopic (exact) mass is 365 g/mol. The summed E-state index contributed by atoms with van der Waals surface area (Å²) in [6.07, 6.45) is 2.95. The zero-order valence-corrected chi connectivity index (χ0v) is 15.1. The standard InChI is InChI=1S/C22H23NO4/c24-20(17-8-2-1-3-9-17)13-14-22(26)27-15-21(25)23-19-12-6-10-16-7-4-5-11-18(16)19/h1-5,7-9,11,19H,6,10,12-15H2,(H,23,25)/t19-/m0/s1. The Bertz CT molecular complexity index is 816. The number of rotatable bonds is 7. The van der Waals surface area contributed by atoms with Crippen LogP contribution < -0.4 is 5.32 Å². The fourth-order valence-electron chi connectivity index (χ4n) is 3.34. The van der Waals surface area contributed by atoms with Crippen LogP contribution in [0.3, 0.4) is 0 Å². The van der Waals surface area contributed by atoms with Crippen LogP contribution in [0.1, 0.15) is 53.2 Å². The second kappa shape index (κ2) is 9.12. The number of ketones is 1. The number of aryl methyl sites for hydroxylation is 1. The molecule has 0 heterocycles. The summed E-state index contributed by atoms with van der Waals surface area (Å²) >= 11 is 0. The van der Waals surface area contributed by atoms with Crippen LogP contribution in [0.25, 0.3) is 0 Å². The van der Waals surface area contributed by atoms with Gasteiger partial charge < -0.3 is 10.1 Å². The first kappa shape index (κ1) is 18.8. The van der Waals surface area contributed by atoms with Crippen LogP contribution in [0.15, 0.2) is 54.6 Å². The molecular formula is C22H23NO4. The largest absolute Gasteiger partial charge is 0.456 e. The maximum Gasteiger partial charge on any atom is 0.306 e. The molecule has 0 aromatic heterocycles. The Kier molecular flexibility index (Phi) is 6.36. The first-order valence-corrected chi connectivity index (χ1v) is 9.24. The Labute approximate surface area is 158 Å². The molecule has 1 aliphatic carbocycles. The van der Waals surface area contributed by atoms with Gasteiger partial charge in [-0.25, -0.2) is 0 Å². The van der Waals surface area contributed by atoms with Crippen LogP contribution in [0, 0.1) is 0 Å². The van der Waals surface area contributed by atoms with Crippen LogP contribution in [-0.2, 0) is 20.7 Å². The van der Waals surface area contributed by atoms with Crippen LogP contribution in [0.2, 0.25) is 0 Å². The molecule has 27 heavy (non-hydrogen) atoms. The number of hydrogen-bond donors (Lipinski definition) is 1. The van der Waals surface area contributed by atoms with E-state index < -0.39 is 5.97 Å². The van der Waals surface area contributed by atoms with Crippen molar-refractivity contribution in [2.24, 2.45) is 0 Å². The van der Waals surface area contributed by atoms with Gasteiger partial charge in [0.2, 0.25) is 0 Å². The Morgan fingerprint density at radius 1 is 0.963 bits per heavy atom. The molecule has 0 radical (unpaired) electrons. The fraction of sp³-hybridized carbons (Fsp3) is 0.318. The van der Waals surface area contributed by atoms with E-state index in [1.54, 1.807) is 24.3 Å². The van der Waals surface area contributed by atoms with Crippen molar-refractivity contribution in [3.8, 4) is 0 Å². The molecule has 0 spiro atoms. The van der Waals surface area contributed by atoms with Gasteiger partial charge in [-0.15, -0.1) is 0 Å². The fourth-order valence-corrected chi connectivity index (χ4v) is 3.34. The molecule has 1 atom stereocenters. The van der Waals surface area contributed by atoms with Crippen molar-refractivity contribution < 1.29 is 19.1 Å². The summed E-state index contributed by atoms with van der Waals surface area (Å²) in [4.78, 5) is 35.9. The van der Waals surface area contributed by atoms with Crippen molar-refractivity contribution in [2.75, 3.05) is 6.61 Å². The van der Waals surface area contributed by atoms with Crippen molar-refractivity contribution in [3.05, 3.63) is 71.3 Å². The van der Waals surface area contributed by atoms with Crippen LogP contribution in [0.4, 0.5) is 0 Å². The molecule has 0 aliphatic heterocycles. The number of esters is 1. The average molecular weight is 365 g/mol. The number of carbonyl (C=O) groups excluding carboxylic acids is 3. The average Bonchev–Trinajstić information content (AvgIpc) is 2.71. The lowest BCUT2D eigenvalue weighted by molar-refractivity contribution is -0.148. The number of Topliss-reactive ketones (excluding diaryl/α,β-unsaturated/α-hetero) is 1. The molecule has 1 N–H and O–H groups in total. The van der Waals surface area contributed by atoms with Crippen LogP contribution >= 0.6 is 0 Å². The molecule has 1 amide bonds. The van der Waals surface area contributed by atoms with Gasteiger partial charge in [0.25, 0.3) is 5.91 Å². The second-order valence-corrected chi connectivity index (χ2v) is 6.66. The minimum Gasteiger partial charge on any atom is -0.456 e. The molecule has 2 aromatic carbocycles. The van der Waals surface area contributed by atoms with E-state index >= 15 is 0 Å². The summed E-state index contributed by atoms with van der Waals surface area (Å²) in [6, 6.07) is 16.8. The van der Waals surface area contributed by atoms with Crippen molar-refractivity contribution in [2.45, 2.75) is 38.1 Å². The van der Waals surface area contributed by atoms with E-state index in [4.69, 9.17) is 4.74 Å². The van der Waals surface area contributed by atoms with Gasteiger partial charge in [0.1, 0.15) is 0 Å². The van der Waals surface area contributed by atoms with Gasteiger partial charge in [-0.1, -0.05) is 54.6 Å². The highest BCUT2D eigenvalue weighted by atomic mass is 16.5. The summed E-state index contributed by atoms with van der Waals surface area (Å²) in [5.41, 5.74) is 2.96. The Hall–Kier alpha value is -2.95. The second-order valence-electron chi connectivity index (χ2n) is 6.66. The lowest BCUT2D eigenvalue weighted by Gasteiger charge is -2.26. The number of nitrogens with one attached hydrogen (secondary N) is 1. The van der Waals surface area contributed by atoms with Gasteiger partial charge in [0, 0.05) is 12.0 Å². The highest BCUT2D eigenvalue weighted by Crippen LogP contribution is 2.29. The van der Waals surface area contributed by atoms with Gasteiger partial charge in [-0.2, -0.15) is 0 Å². The lowest BCUT2D eigenvalue weighted by atomic mass is 9.88. The maximum atomic E-state index is 12.1. The Balaban J connectivity index is 1.42. The number of hydrogen-bond acceptors (Lipinski definition) is 4.